The Bertz CT molecular complexity index is 3900. The van der Waals surface area contributed by atoms with Crippen molar-refractivity contribution in [2.24, 2.45) is 0 Å². The van der Waals surface area contributed by atoms with Gasteiger partial charge in [0.15, 0.2) is 5.82 Å². The SMILES string of the molecule is c1ccc(-c2nc(-c3cc(-c4ccc5sc6ccccc6c5c4)cc(-c4cccc5ccccc45)c3)cc(-c3cccc4c3-c3ccccc3C43c4ccccc4-c4ccccc43)n2)cc1. The Kier molecular flexibility index (Phi) is 8.10. The molecule has 2 aliphatic rings. The lowest BCUT2D eigenvalue weighted by Crippen LogP contribution is -2.25. The highest BCUT2D eigenvalue weighted by atomic mass is 32.1. The molecule has 0 fully saturated rings. The lowest BCUT2D eigenvalue weighted by molar-refractivity contribution is 0.794. The summed E-state index contributed by atoms with van der Waals surface area (Å²) in [4.78, 5) is 11.0. The minimum absolute atomic E-state index is 0.455. The molecule has 0 unspecified atom stereocenters. The van der Waals surface area contributed by atoms with Crippen LogP contribution in [0.2, 0.25) is 0 Å². The summed E-state index contributed by atoms with van der Waals surface area (Å²) in [5, 5.41) is 5.01. The number of nitrogens with zero attached hydrogens (tertiary/aromatic N) is 2. The molecule has 10 aromatic carbocycles. The van der Waals surface area contributed by atoms with Gasteiger partial charge in [0.2, 0.25) is 0 Å². The minimum Gasteiger partial charge on any atom is -0.228 e. The smallest absolute Gasteiger partial charge is 0.160 e. The monoisotopic (exact) mass is 854 g/mol. The van der Waals surface area contributed by atoms with Crippen LogP contribution in [0.1, 0.15) is 22.3 Å². The fourth-order valence-electron chi connectivity index (χ4n) is 11.3. The van der Waals surface area contributed by atoms with E-state index in [9.17, 15) is 0 Å². The van der Waals surface area contributed by atoms with E-state index in [1.165, 1.54) is 86.6 Å². The number of thiophene rings is 1. The van der Waals surface area contributed by atoms with Crippen LogP contribution in [0.4, 0.5) is 0 Å². The van der Waals surface area contributed by atoms with E-state index < -0.39 is 5.41 Å². The third kappa shape index (κ3) is 5.41. The van der Waals surface area contributed by atoms with Crippen molar-refractivity contribution in [2.45, 2.75) is 5.41 Å². The van der Waals surface area contributed by atoms with E-state index in [2.05, 4.69) is 231 Å². The molecule has 2 aliphatic carbocycles. The molecule has 0 saturated carbocycles. The van der Waals surface area contributed by atoms with Gasteiger partial charge < -0.3 is 0 Å². The van der Waals surface area contributed by atoms with Crippen molar-refractivity contribution in [3.05, 3.63) is 253 Å². The molecule has 0 bridgehead atoms. The van der Waals surface area contributed by atoms with Gasteiger partial charge in [-0.2, -0.15) is 0 Å². The average molecular weight is 855 g/mol. The molecular formula is C63H38N2S. The van der Waals surface area contributed by atoms with Crippen LogP contribution in [0.25, 0.3) is 109 Å². The minimum atomic E-state index is -0.455. The maximum atomic E-state index is 5.50. The van der Waals surface area contributed by atoms with Crippen LogP contribution in [0.3, 0.4) is 0 Å². The summed E-state index contributed by atoms with van der Waals surface area (Å²) in [5.41, 5.74) is 19.4. The Balaban J connectivity index is 1.03. The second-order valence-corrected chi connectivity index (χ2v) is 18.7. The van der Waals surface area contributed by atoms with Crippen molar-refractivity contribution in [1.82, 2.24) is 9.97 Å². The highest BCUT2D eigenvalue weighted by Crippen LogP contribution is 2.64. The van der Waals surface area contributed by atoms with Gasteiger partial charge in [0, 0.05) is 36.9 Å². The van der Waals surface area contributed by atoms with Gasteiger partial charge in [0.25, 0.3) is 0 Å². The van der Waals surface area contributed by atoms with Gasteiger partial charge in [-0.1, -0.05) is 188 Å². The second kappa shape index (κ2) is 14.4. The van der Waals surface area contributed by atoms with Crippen LogP contribution in [0.15, 0.2) is 231 Å². The topological polar surface area (TPSA) is 25.8 Å². The Labute approximate surface area is 386 Å². The molecule has 306 valence electrons. The van der Waals surface area contributed by atoms with Crippen LogP contribution in [0.5, 0.6) is 0 Å². The van der Waals surface area contributed by atoms with E-state index in [0.29, 0.717) is 5.82 Å². The standard InChI is InChI=1S/C63H38N2S/c1-2-17-40(18-3-1)62-64-57(38-58(65-62)51-26-15-30-56-61(51)50-24-8-12-29-55(50)63(56)53-27-10-6-21-47(53)48-22-7-11-28-54(48)63)44-35-42(34-43(36-44)46-25-14-19-39-16-4-5-20-45(39)46)41-32-33-60-52(37-41)49-23-9-13-31-59(49)66-60/h1-38H. The molecule has 12 aromatic rings. The molecule has 0 N–H and O–H groups in total. The molecule has 2 heterocycles. The van der Waals surface area contributed by atoms with Gasteiger partial charge in [-0.05, 0) is 120 Å². The predicted molar refractivity (Wildman–Crippen MR) is 276 cm³/mol. The Morgan fingerprint density at radius 2 is 0.864 bits per heavy atom. The number of hydrogen-bond donors (Lipinski definition) is 0. The number of fused-ring (bicyclic) bond motifs is 14. The Hall–Kier alpha value is -8.24. The maximum Gasteiger partial charge on any atom is 0.160 e. The van der Waals surface area contributed by atoms with E-state index in [0.717, 1.165) is 39.2 Å². The molecule has 66 heavy (non-hydrogen) atoms. The van der Waals surface area contributed by atoms with Crippen LogP contribution < -0.4 is 0 Å². The summed E-state index contributed by atoms with van der Waals surface area (Å²) in [6.07, 6.45) is 0. The van der Waals surface area contributed by atoms with Crippen LogP contribution >= 0.6 is 11.3 Å². The summed E-state index contributed by atoms with van der Waals surface area (Å²) in [6.45, 7) is 0. The van der Waals surface area contributed by atoms with Crippen molar-refractivity contribution < 1.29 is 0 Å². The predicted octanol–water partition coefficient (Wildman–Crippen LogP) is 16.7. The molecule has 0 radical (unpaired) electrons. The van der Waals surface area contributed by atoms with Crippen LogP contribution in [-0.4, -0.2) is 9.97 Å². The molecule has 0 aliphatic heterocycles. The molecule has 0 amide bonds. The highest BCUT2D eigenvalue weighted by Gasteiger charge is 2.52. The molecule has 2 aromatic heterocycles. The average Bonchev–Trinajstić information content (AvgIpc) is 4.02. The third-order valence-electron chi connectivity index (χ3n) is 14.1. The van der Waals surface area contributed by atoms with Gasteiger partial charge >= 0.3 is 0 Å². The zero-order chi connectivity index (χ0) is 43.3. The first-order chi connectivity index (χ1) is 32.7. The van der Waals surface area contributed by atoms with Crippen molar-refractivity contribution >= 4 is 42.3 Å². The maximum absolute atomic E-state index is 5.50. The van der Waals surface area contributed by atoms with Crippen LogP contribution in [0, 0.1) is 0 Å². The van der Waals surface area contributed by atoms with Crippen LogP contribution in [-0.2, 0) is 5.41 Å². The molecule has 2 nitrogen and oxygen atoms in total. The zero-order valence-electron chi connectivity index (χ0n) is 35.7. The van der Waals surface area contributed by atoms with Crippen molar-refractivity contribution in [2.75, 3.05) is 0 Å². The van der Waals surface area contributed by atoms with E-state index in [-0.39, 0.29) is 0 Å². The van der Waals surface area contributed by atoms with Crippen molar-refractivity contribution in [3.8, 4) is 78.4 Å². The van der Waals surface area contributed by atoms with Gasteiger partial charge in [-0.3, -0.25) is 0 Å². The largest absolute Gasteiger partial charge is 0.228 e. The molecule has 3 heteroatoms. The highest BCUT2D eigenvalue weighted by molar-refractivity contribution is 7.25. The quantitative estimate of drug-likeness (QED) is 0.172. The number of benzene rings is 10. The molecular weight excluding hydrogens is 817 g/mol. The van der Waals surface area contributed by atoms with Gasteiger partial charge in [0.05, 0.1) is 16.8 Å². The fraction of sp³-hybridized carbons (Fsp3) is 0.0159. The summed E-state index contributed by atoms with van der Waals surface area (Å²) in [7, 11) is 0. The second-order valence-electron chi connectivity index (χ2n) is 17.6. The van der Waals surface area contributed by atoms with E-state index in [1.54, 1.807) is 0 Å². The lowest BCUT2D eigenvalue weighted by Gasteiger charge is -2.30. The lowest BCUT2D eigenvalue weighted by atomic mass is 9.70. The summed E-state index contributed by atoms with van der Waals surface area (Å²) in [6, 6.07) is 84.6. The third-order valence-corrected chi connectivity index (χ3v) is 15.2. The summed E-state index contributed by atoms with van der Waals surface area (Å²) in [5.74, 6) is 0.696. The summed E-state index contributed by atoms with van der Waals surface area (Å²) >= 11 is 1.85. The number of hydrogen-bond acceptors (Lipinski definition) is 3. The first-order valence-corrected chi connectivity index (χ1v) is 23.5. The van der Waals surface area contributed by atoms with Gasteiger partial charge in [0.1, 0.15) is 0 Å². The summed E-state index contributed by atoms with van der Waals surface area (Å²) < 4.78 is 2.60. The zero-order valence-corrected chi connectivity index (χ0v) is 36.6. The Morgan fingerprint density at radius 3 is 1.68 bits per heavy atom. The molecule has 1 spiro atoms. The molecule has 0 atom stereocenters. The number of rotatable bonds is 5. The van der Waals surface area contributed by atoms with Gasteiger partial charge in [-0.25, -0.2) is 9.97 Å². The molecule has 0 saturated heterocycles. The Morgan fingerprint density at radius 1 is 0.303 bits per heavy atom. The number of aromatic nitrogens is 2. The fourth-order valence-corrected chi connectivity index (χ4v) is 12.4. The van der Waals surface area contributed by atoms with E-state index in [1.807, 2.05) is 11.3 Å². The van der Waals surface area contributed by atoms with E-state index >= 15 is 0 Å². The molecule has 14 rings (SSSR count). The van der Waals surface area contributed by atoms with Crippen molar-refractivity contribution in [3.63, 3.8) is 0 Å². The normalized spacial score (nSPS) is 13.0. The van der Waals surface area contributed by atoms with Crippen molar-refractivity contribution in [1.29, 1.82) is 0 Å². The first-order valence-electron chi connectivity index (χ1n) is 22.6. The van der Waals surface area contributed by atoms with E-state index in [4.69, 9.17) is 9.97 Å². The van der Waals surface area contributed by atoms with Gasteiger partial charge in [-0.15, -0.1) is 11.3 Å². The first kappa shape index (κ1) is 37.2.